The molecule has 0 atom stereocenters. The zero-order valence-electron chi connectivity index (χ0n) is 9.22. The van der Waals surface area contributed by atoms with Gasteiger partial charge >= 0.3 is 0 Å². The van der Waals surface area contributed by atoms with Crippen molar-refractivity contribution in [2.75, 3.05) is 7.05 Å². The number of benzene rings is 1. The van der Waals surface area contributed by atoms with Gasteiger partial charge in [-0.2, -0.15) is 5.10 Å². The SMILES string of the molecule is CN(Cc1ncn[nH]1)C(=O)c1ccccc1I. The van der Waals surface area contributed by atoms with E-state index in [1.165, 1.54) is 6.33 Å². The Labute approximate surface area is 112 Å². The van der Waals surface area contributed by atoms with Crippen LogP contribution < -0.4 is 0 Å². The molecule has 1 aromatic carbocycles. The minimum atomic E-state index is -0.0219. The maximum atomic E-state index is 12.2. The van der Waals surface area contributed by atoms with Gasteiger partial charge in [-0.25, -0.2) is 4.98 Å². The predicted octanol–water partition coefficient (Wildman–Crippen LogP) is 1.68. The van der Waals surface area contributed by atoms with Crippen molar-refractivity contribution in [2.24, 2.45) is 0 Å². The minimum Gasteiger partial charge on any atom is -0.334 e. The maximum absolute atomic E-state index is 12.2. The number of aromatic nitrogens is 3. The molecule has 1 N–H and O–H groups in total. The first-order valence-corrected chi connectivity index (χ1v) is 6.10. The number of nitrogens with zero attached hydrogens (tertiary/aromatic N) is 3. The second-order valence-electron chi connectivity index (χ2n) is 3.57. The van der Waals surface area contributed by atoms with Gasteiger partial charge in [0.05, 0.1) is 12.1 Å². The third kappa shape index (κ3) is 2.82. The highest BCUT2D eigenvalue weighted by Gasteiger charge is 2.15. The summed E-state index contributed by atoms with van der Waals surface area (Å²) in [4.78, 5) is 17.8. The molecule has 0 spiro atoms. The van der Waals surface area contributed by atoms with Crippen molar-refractivity contribution in [1.82, 2.24) is 20.1 Å². The fourth-order valence-electron chi connectivity index (χ4n) is 1.44. The molecule has 1 aromatic heterocycles. The van der Waals surface area contributed by atoms with Crippen LogP contribution in [0.3, 0.4) is 0 Å². The number of nitrogens with one attached hydrogen (secondary N) is 1. The van der Waals surface area contributed by atoms with Crippen molar-refractivity contribution in [3.63, 3.8) is 0 Å². The maximum Gasteiger partial charge on any atom is 0.255 e. The van der Waals surface area contributed by atoms with E-state index in [9.17, 15) is 4.79 Å². The number of carbonyl (C=O) groups excluding carboxylic acids is 1. The third-order valence-electron chi connectivity index (χ3n) is 2.30. The van der Waals surface area contributed by atoms with Gasteiger partial charge in [-0.3, -0.25) is 9.89 Å². The van der Waals surface area contributed by atoms with Gasteiger partial charge in [0.1, 0.15) is 12.2 Å². The van der Waals surface area contributed by atoms with Crippen LogP contribution in [0.2, 0.25) is 0 Å². The number of aromatic amines is 1. The fourth-order valence-corrected chi connectivity index (χ4v) is 2.06. The summed E-state index contributed by atoms with van der Waals surface area (Å²) in [6.45, 7) is 0.420. The highest BCUT2D eigenvalue weighted by Crippen LogP contribution is 2.14. The van der Waals surface area contributed by atoms with E-state index in [-0.39, 0.29) is 5.91 Å². The van der Waals surface area contributed by atoms with Crippen LogP contribution in [0.5, 0.6) is 0 Å². The van der Waals surface area contributed by atoms with Crippen LogP contribution in [-0.2, 0) is 6.54 Å². The van der Waals surface area contributed by atoms with Gasteiger partial charge in [-0.05, 0) is 34.7 Å². The molecule has 0 aliphatic carbocycles. The van der Waals surface area contributed by atoms with E-state index < -0.39 is 0 Å². The Hall–Kier alpha value is -1.44. The van der Waals surface area contributed by atoms with Gasteiger partial charge in [0, 0.05) is 10.6 Å². The first-order valence-electron chi connectivity index (χ1n) is 5.02. The molecule has 0 unspecified atom stereocenters. The van der Waals surface area contributed by atoms with E-state index in [2.05, 4.69) is 37.8 Å². The third-order valence-corrected chi connectivity index (χ3v) is 3.24. The van der Waals surface area contributed by atoms with Crippen LogP contribution in [0.1, 0.15) is 16.2 Å². The Balaban J connectivity index is 2.13. The average molecular weight is 342 g/mol. The van der Waals surface area contributed by atoms with E-state index in [1.807, 2.05) is 24.3 Å². The highest BCUT2D eigenvalue weighted by molar-refractivity contribution is 14.1. The molecule has 0 radical (unpaired) electrons. The summed E-state index contributed by atoms with van der Waals surface area (Å²) < 4.78 is 0.944. The molecule has 1 heterocycles. The molecule has 2 rings (SSSR count). The van der Waals surface area contributed by atoms with Crippen molar-refractivity contribution >= 4 is 28.5 Å². The van der Waals surface area contributed by atoms with Gasteiger partial charge < -0.3 is 4.90 Å². The molecule has 2 aromatic rings. The van der Waals surface area contributed by atoms with Crippen molar-refractivity contribution in [3.05, 3.63) is 45.6 Å². The van der Waals surface area contributed by atoms with E-state index >= 15 is 0 Å². The first kappa shape index (κ1) is 12.0. The second-order valence-corrected chi connectivity index (χ2v) is 4.74. The molecule has 17 heavy (non-hydrogen) atoms. The smallest absolute Gasteiger partial charge is 0.255 e. The average Bonchev–Trinajstić information content (AvgIpc) is 2.81. The molecule has 0 bridgehead atoms. The van der Waals surface area contributed by atoms with E-state index in [4.69, 9.17) is 0 Å². The lowest BCUT2D eigenvalue weighted by molar-refractivity contribution is 0.0780. The highest BCUT2D eigenvalue weighted by atomic mass is 127. The number of halogens is 1. The zero-order valence-corrected chi connectivity index (χ0v) is 11.4. The minimum absolute atomic E-state index is 0.0219. The van der Waals surface area contributed by atoms with Gasteiger partial charge in [0.2, 0.25) is 0 Å². The summed E-state index contributed by atoms with van der Waals surface area (Å²) in [5.41, 5.74) is 0.704. The van der Waals surface area contributed by atoms with Crippen LogP contribution in [0, 0.1) is 3.57 Å². The lowest BCUT2D eigenvalue weighted by Crippen LogP contribution is -2.27. The Kier molecular flexibility index (Phi) is 3.72. The molecule has 0 aliphatic rings. The fraction of sp³-hybridized carbons (Fsp3) is 0.182. The Morgan fingerprint density at radius 3 is 2.88 bits per heavy atom. The Morgan fingerprint density at radius 1 is 1.47 bits per heavy atom. The van der Waals surface area contributed by atoms with Crippen molar-refractivity contribution in [2.45, 2.75) is 6.54 Å². The summed E-state index contributed by atoms with van der Waals surface area (Å²) >= 11 is 2.16. The van der Waals surface area contributed by atoms with Crippen LogP contribution in [-0.4, -0.2) is 33.0 Å². The quantitative estimate of drug-likeness (QED) is 0.864. The molecule has 6 heteroatoms. The summed E-state index contributed by atoms with van der Waals surface area (Å²) in [6.07, 6.45) is 1.43. The van der Waals surface area contributed by atoms with Crippen LogP contribution >= 0.6 is 22.6 Å². The largest absolute Gasteiger partial charge is 0.334 e. The van der Waals surface area contributed by atoms with Crippen molar-refractivity contribution in [3.8, 4) is 0 Å². The topological polar surface area (TPSA) is 61.9 Å². The van der Waals surface area contributed by atoms with Gasteiger partial charge in [0.15, 0.2) is 0 Å². The van der Waals surface area contributed by atoms with E-state index in [0.29, 0.717) is 17.9 Å². The number of rotatable bonds is 3. The molecule has 88 valence electrons. The number of H-pyrrole nitrogens is 1. The normalized spacial score (nSPS) is 10.2. The molecular formula is C11H11IN4O. The van der Waals surface area contributed by atoms with Crippen molar-refractivity contribution in [1.29, 1.82) is 0 Å². The second kappa shape index (κ2) is 5.26. The summed E-state index contributed by atoms with van der Waals surface area (Å²) in [6, 6.07) is 7.50. The lowest BCUT2D eigenvalue weighted by atomic mass is 10.2. The number of carbonyl (C=O) groups is 1. The molecule has 1 amide bonds. The zero-order chi connectivity index (χ0) is 12.3. The summed E-state index contributed by atoms with van der Waals surface area (Å²) in [5, 5.41) is 6.48. The Morgan fingerprint density at radius 2 is 2.24 bits per heavy atom. The lowest BCUT2D eigenvalue weighted by Gasteiger charge is -2.16. The van der Waals surface area contributed by atoms with Gasteiger partial charge in [-0.15, -0.1) is 0 Å². The predicted molar refractivity (Wildman–Crippen MR) is 71.3 cm³/mol. The summed E-state index contributed by atoms with van der Waals surface area (Å²) in [7, 11) is 1.74. The molecular weight excluding hydrogens is 331 g/mol. The molecule has 0 aliphatic heterocycles. The first-order chi connectivity index (χ1) is 8.18. The van der Waals surface area contributed by atoms with Crippen LogP contribution in [0.15, 0.2) is 30.6 Å². The van der Waals surface area contributed by atoms with E-state index in [1.54, 1.807) is 11.9 Å². The molecule has 0 fully saturated rings. The number of amides is 1. The van der Waals surface area contributed by atoms with Crippen LogP contribution in [0.4, 0.5) is 0 Å². The summed E-state index contributed by atoms with van der Waals surface area (Å²) in [5.74, 6) is 0.651. The van der Waals surface area contributed by atoms with Gasteiger partial charge in [-0.1, -0.05) is 12.1 Å². The van der Waals surface area contributed by atoms with Crippen molar-refractivity contribution < 1.29 is 4.79 Å². The number of hydrogen-bond donors (Lipinski definition) is 1. The van der Waals surface area contributed by atoms with E-state index in [0.717, 1.165) is 3.57 Å². The number of hydrogen-bond acceptors (Lipinski definition) is 3. The van der Waals surface area contributed by atoms with Crippen LogP contribution in [0.25, 0.3) is 0 Å². The van der Waals surface area contributed by atoms with Gasteiger partial charge in [0.25, 0.3) is 5.91 Å². The molecule has 5 nitrogen and oxygen atoms in total. The molecule has 0 saturated carbocycles. The standard InChI is InChI=1S/C11H11IN4O/c1-16(6-10-13-7-14-15-10)11(17)8-4-2-3-5-9(8)12/h2-5,7H,6H2,1H3,(H,13,14,15). The Bertz CT molecular complexity index is 512. The monoisotopic (exact) mass is 342 g/mol. The molecule has 0 saturated heterocycles.